The molecule has 0 amide bonds. The molecule has 0 N–H and O–H groups in total. The summed E-state index contributed by atoms with van der Waals surface area (Å²) in [6.45, 7) is 3.74. The average molecular weight is 227 g/mol. The highest BCUT2D eigenvalue weighted by atomic mass is 32.1. The zero-order valence-corrected chi connectivity index (χ0v) is 11.0. The Morgan fingerprint density at radius 2 is 1.07 bits per heavy atom. The van der Waals surface area contributed by atoms with E-state index >= 15 is 0 Å². The Morgan fingerprint density at radius 3 is 1.47 bits per heavy atom. The highest BCUT2D eigenvalue weighted by Crippen LogP contribution is 2.11. The molecule has 0 spiro atoms. The van der Waals surface area contributed by atoms with Crippen LogP contribution in [0.5, 0.6) is 0 Å². The van der Waals surface area contributed by atoms with Gasteiger partial charge < -0.3 is 0 Å². The first-order chi connectivity index (χ1) is 7.41. The fourth-order valence-corrected chi connectivity index (χ4v) is 2.01. The van der Waals surface area contributed by atoms with Gasteiger partial charge in [0.2, 0.25) is 0 Å². The van der Waals surface area contributed by atoms with E-state index in [0.29, 0.717) is 0 Å². The van der Waals surface area contributed by atoms with Gasteiger partial charge in [-0.25, -0.2) is 0 Å². The Balaban J connectivity index is 2.83. The summed E-state index contributed by atoms with van der Waals surface area (Å²) >= 11 is 4.92. The molecule has 0 aromatic rings. The van der Waals surface area contributed by atoms with Crippen LogP contribution in [0.2, 0.25) is 0 Å². The van der Waals surface area contributed by atoms with Gasteiger partial charge in [0.25, 0.3) is 0 Å². The van der Waals surface area contributed by atoms with E-state index in [1.807, 2.05) is 6.08 Å². The highest BCUT2D eigenvalue weighted by molar-refractivity contribution is 7.80. The van der Waals surface area contributed by atoms with Crippen molar-refractivity contribution in [1.82, 2.24) is 0 Å². The molecule has 89 valence electrons. The van der Waals surface area contributed by atoms with Crippen LogP contribution in [-0.2, 0) is 0 Å². The average Bonchev–Trinajstić information content (AvgIpc) is 2.26. The van der Waals surface area contributed by atoms with Crippen molar-refractivity contribution < 1.29 is 0 Å². The van der Waals surface area contributed by atoms with Crippen LogP contribution in [-0.4, -0.2) is 5.75 Å². The molecule has 0 rings (SSSR count). The van der Waals surface area contributed by atoms with E-state index in [1.165, 1.54) is 70.6 Å². The maximum absolute atomic E-state index is 4.92. The van der Waals surface area contributed by atoms with E-state index in [4.69, 9.17) is 12.6 Å². The van der Waals surface area contributed by atoms with Crippen LogP contribution in [0.3, 0.4) is 0 Å². The first-order valence-electron chi connectivity index (χ1n) is 6.61. The molecule has 0 unspecified atom stereocenters. The van der Waals surface area contributed by atoms with Crippen LogP contribution >= 0.6 is 12.6 Å². The zero-order valence-electron chi connectivity index (χ0n) is 10.2. The third-order valence-electron chi connectivity index (χ3n) is 2.80. The lowest BCUT2D eigenvalue weighted by atomic mass is 10.1. The molecule has 0 bridgehead atoms. The Kier molecular flexibility index (Phi) is 14.2. The van der Waals surface area contributed by atoms with Crippen molar-refractivity contribution in [2.24, 2.45) is 0 Å². The minimum absolute atomic E-state index is 0.948. The lowest BCUT2D eigenvalue weighted by Gasteiger charge is -2.01. The summed E-state index contributed by atoms with van der Waals surface area (Å²) in [6.07, 6.45) is 17.1. The monoisotopic (exact) mass is 227 g/mol. The molecule has 0 heterocycles. The van der Waals surface area contributed by atoms with Gasteiger partial charge >= 0.3 is 0 Å². The normalized spacial score (nSPS) is 10.5. The molecule has 0 saturated carbocycles. The van der Waals surface area contributed by atoms with Gasteiger partial charge in [-0.3, -0.25) is 0 Å². The molecule has 0 saturated heterocycles. The van der Waals surface area contributed by atoms with Gasteiger partial charge in [0.1, 0.15) is 0 Å². The van der Waals surface area contributed by atoms with Crippen LogP contribution in [0.4, 0.5) is 0 Å². The van der Waals surface area contributed by atoms with Gasteiger partial charge in [-0.1, -0.05) is 70.1 Å². The van der Waals surface area contributed by atoms with Crippen molar-refractivity contribution in [2.75, 3.05) is 5.75 Å². The topological polar surface area (TPSA) is 0 Å². The molecule has 0 aliphatic carbocycles. The third-order valence-corrected chi connectivity index (χ3v) is 3.09. The number of rotatable bonds is 12. The Morgan fingerprint density at radius 1 is 0.667 bits per heavy atom. The minimum Gasteiger partial charge on any atom is -0.103 e. The van der Waals surface area contributed by atoms with Crippen LogP contribution in [0.25, 0.3) is 0 Å². The molecule has 1 radical (unpaired) electrons. The predicted octanol–water partition coefficient (Wildman–Crippen LogP) is 5.66. The molecular weight excluding hydrogens is 200 g/mol. The quantitative estimate of drug-likeness (QED) is 0.298. The molecule has 1 heteroatoms. The van der Waals surface area contributed by atoms with E-state index < -0.39 is 0 Å². The van der Waals surface area contributed by atoms with E-state index in [0.717, 1.165) is 5.75 Å². The summed E-state index contributed by atoms with van der Waals surface area (Å²) in [5.41, 5.74) is 0. The van der Waals surface area contributed by atoms with Crippen LogP contribution in [0.15, 0.2) is 12.7 Å². The second-order valence-corrected chi connectivity index (χ2v) is 4.73. The molecule has 0 nitrogen and oxygen atoms in total. The van der Waals surface area contributed by atoms with Crippen LogP contribution in [0.1, 0.15) is 70.6 Å². The number of hydrogen-bond acceptors (Lipinski definition) is 0. The van der Waals surface area contributed by atoms with Crippen molar-refractivity contribution in [3.05, 3.63) is 12.7 Å². The number of hydrogen-bond donors (Lipinski definition) is 0. The Bertz CT molecular complexity index is 121. The van der Waals surface area contributed by atoms with E-state index in [9.17, 15) is 0 Å². The Labute approximate surface area is 102 Å². The highest BCUT2D eigenvalue weighted by Gasteiger charge is 1.92. The van der Waals surface area contributed by atoms with E-state index in [1.54, 1.807) is 0 Å². The smallest absolute Gasteiger partial charge is 0.00369 e. The van der Waals surface area contributed by atoms with Gasteiger partial charge in [-0.05, 0) is 19.3 Å². The predicted molar refractivity (Wildman–Crippen MR) is 73.4 cm³/mol. The van der Waals surface area contributed by atoms with E-state index in [-0.39, 0.29) is 0 Å². The lowest BCUT2D eigenvalue weighted by Crippen LogP contribution is -1.82. The molecule has 0 atom stereocenters. The lowest BCUT2D eigenvalue weighted by molar-refractivity contribution is 0.558. The summed E-state index contributed by atoms with van der Waals surface area (Å²) in [7, 11) is 0. The van der Waals surface area contributed by atoms with Gasteiger partial charge in [0, 0.05) is 5.75 Å². The Hall–Kier alpha value is 0.0900. The molecule has 15 heavy (non-hydrogen) atoms. The van der Waals surface area contributed by atoms with Gasteiger partial charge in [-0.15, -0.1) is 6.58 Å². The van der Waals surface area contributed by atoms with Crippen molar-refractivity contribution in [3.8, 4) is 0 Å². The largest absolute Gasteiger partial charge is 0.103 e. The van der Waals surface area contributed by atoms with Crippen molar-refractivity contribution >= 4 is 12.6 Å². The summed E-state index contributed by atoms with van der Waals surface area (Å²) < 4.78 is 0. The van der Waals surface area contributed by atoms with Crippen LogP contribution in [0, 0.1) is 0 Å². The van der Waals surface area contributed by atoms with Crippen molar-refractivity contribution in [2.45, 2.75) is 70.6 Å². The summed E-state index contributed by atoms with van der Waals surface area (Å²) in [4.78, 5) is 0. The molecular formula is C14H27S. The standard InChI is InChI=1S/C14H27S/c1-2-3-4-5-6-7-8-9-10-11-12-13-14-15/h2H,1,3-14H2. The van der Waals surface area contributed by atoms with Crippen molar-refractivity contribution in [3.63, 3.8) is 0 Å². The third kappa shape index (κ3) is 14.1. The molecule has 0 aromatic carbocycles. The molecule has 0 aliphatic heterocycles. The second-order valence-electron chi connectivity index (χ2n) is 4.32. The zero-order chi connectivity index (χ0) is 11.2. The molecule has 0 aromatic heterocycles. The number of allylic oxidation sites excluding steroid dienone is 1. The maximum atomic E-state index is 4.92. The van der Waals surface area contributed by atoms with Gasteiger partial charge in [0.15, 0.2) is 0 Å². The second kappa shape index (κ2) is 14.1. The number of unbranched alkanes of at least 4 members (excludes halogenated alkanes) is 10. The minimum atomic E-state index is 0.948. The first-order valence-corrected chi connectivity index (χ1v) is 7.18. The summed E-state index contributed by atoms with van der Waals surface area (Å²) in [5.74, 6) is 0.948. The summed E-state index contributed by atoms with van der Waals surface area (Å²) in [5, 5.41) is 0. The van der Waals surface area contributed by atoms with Gasteiger partial charge in [-0.2, -0.15) is 0 Å². The first kappa shape index (κ1) is 15.1. The SMILES string of the molecule is C=CCCCCCCCCCCCC[S]. The van der Waals surface area contributed by atoms with E-state index in [2.05, 4.69) is 6.58 Å². The fourth-order valence-electron chi connectivity index (χ4n) is 1.80. The molecule has 0 fully saturated rings. The summed E-state index contributed by atoms with van der Waals surface area (Å²) in [6, 6.07) is 0. The van der Waals surface area contributed by atoms with Crippen molar-refractivity contribution in [1.29, 1.82) is 0 Å². The maximum Gasteiger partial charge on any atom is 0.00369 e. The molecule has 0 aliphatic rings. The fraction of sp³-hybridized carbons (Fsp3) is 0.857. The van der Waals surface area contributed by atoms with Crippen LogP contribution < -0.4 is 0 Å². The van der Waals surface area contributed by atoms with Gasteiger partial charge in [0.05, 0.1) is 0 Å².